The Balaban J connectivity index is 1.95. The number of hydrogen-bond donors (Lipinski definition) is 0. The summed E-state index contributed by atoms with van der Waals surface area (Å²) in [5.74, 6) is -0.992. The lowest BCUT2D eigenvalue weighted by Crippen LogP contribution is -2.33. The number of carbonyl (C=O) groups is 3. The Labute approximate surface area is 171 Å². The number of aromatic nitrogens is 2. The summed E-state index contributed by atoms with van der Waals surface area (Å²) >= 11 is 1.08. The molecule has 2 heterocycles. The smallest absolute Gasteiger partial charge is 0.416 e. The highest BCUT2D eigenvalue weighted by Gasteiger charge is 2.28. The minimum Gasteiger partial charge on any atom is -0.465 e. The molecule has 2 aromatic rings. The van der Waals surface area contributed by atoms with Gasteiger partial charge >= 0.3 is 12.1 Å². The zero-order chi connectivity index (χ0) is 21.0. The predicted molar refractivity (Wildman–Crippen MR) is 106 cm³/mol. The molecule has 9 nitrogen and oxygen atoms in total. The Morgan fingerprint density at radius 3 is 2.76 bits per heavy atom. The molecule has 1 aliphatic rings. The van der Waals surface area contributed by atoms with Gasteiger partial charge in [0, 0.05) is 6.54 Å². The van der Waals surface area contributed by atoms with Crippen LogP contribution >= 0.6 is 11.8 Å². The van der Waals surface area contributed by atoms with Gasteiger partial charge in [0.25, 0.3) is 5.56 Å². The molecule has 0 saturated carbocycles. The van der Waals surface area contributed by atoms with Crippen LogP contribution in [-0.2, 0) is 20.8 Å². The van der Waals surface area contributed by atoms with Crippen molar-refractivity contribution in [3.63, 3.8) is 0 Å². The van der Waals surface area contributed by atoms with Gasteiger partial charge in [-0.1, -0.05) is 25.1 Å². The number of hydrogen-bond acceptors (Lipinski definition) is 8. The van der Waals surface area contributed by atoms with Crippen LogP contribution in [0.2, 0.25) is 0 Å². The lowest BCUT2D eigenvalue weighted by atomic mass is 10.1. The van der Waals surface area contributed by atoms with Crippen LogP contribution in [0.15, 0.2) is 28.2 Å². The van der Waals surface area contributed by atoms with Crippen LogP contribution in [0.25, 0.3) is 10.9 Å². The summed E-state index contributed by atoms with van der Waals surface area (Å²) < 4.78 is 11.0. The number of methoxy groups -OCH3 is 1. The number of esters is 1. The van der Waals surface area contributed by atoms with Crippen molar-refractivity contribution in [2.24, 2.45) is 0 Å². The highest BCUT2D eigenvalue weighted by Crippen LogP contribution is 2.21. The largest absolute Gasteiger partial charge is 0.465 e. The van der Waals surface area contributed by atoms with E-state index in [1.807, 2.05) is 6.92 Å². The molecular formula is C19H21N3O6S. The fraction of sp³-hybridized carbons (Fsp3) is 0.421. The molecule has 1 aromatic carbocycles. The lowest BCUT2D eigenvalue weighted by molar-refractivity contribution is -0.125. The second kappa shape index (κ2) is 9.08. The Bertz CT molecular complexity index is 1020. The third-order valence-electron chi connectivity index (χ3n) is 4.46. The lowest BCUT2D eigenvalue weighted by Gasteiger charge is -2.14. The van der Waals surface area contributed by atoms with E-state index in [9.17, 15) is 19.2 Å². The van der Waals surface area contributed by atoms with Crippen molar-refractivity contribution >= 4 is 40.6 Å². The molecular weight excluding hydrogens is 398 g/mol. The normalized spacial score (nSPS) is 13.6. The number of imide groups is 1. The van der Waals surface area contributed by atoms with Crippen molar-refractivity contribution in [3.8, 4) is 0 Å². The van der Waals surface area contributed by atoms with Crippen molar-refractivity contribution in [3.05, 3.63) is 34.1 Å². The van der Waals surface area contributed by atoms with Gasteiger partial charge in [0.1, 0.15) is 6.61 Å². The van der Waals surface area contributed by atoms with Gasteiger partial charge in [-0.2, -0.15) is 0 Å². The van der Waals surface area contributed by atoms with Gasteiger partial charge in [-0.05, 0) is 24.6 Å². The number of fused-ring (bicyclic) bond motifs is 1. The third-order valence-corrected chi connectivity index (χ3v) is 5.42. The molecule has 0 bridgehead atoms. The number of ether oxygens (including phenoxy) is 2. The first-order valence-corrected chi connectivity index (χ1v) is 10.2. The number of amides is 2. The summed E-state index contributed by atoms with van der Waals surface area (Å²) in [4.78, 5) is 54.2. The van der Waals surface area contributed by atoms with Crippen molar-refractivity contribution in [1.82, 2.24) is 14.5 Å². The highest BCUT2D eigenvalue weighted by atomic mass is 32.2. The summed E-state index contributed by atoms with van der Waals surface area (Å²) in [5, 5.41) is 0.742. The molecule has 0 radical (unpaired) electrons. The first-order chi connectivity index (χ1) is 14.0. The van der Waals surface area contributed by atoms with Crippen LogP contribution in [-0.4, -0.2) is 58.4 Å². The fourth-order valence-electron chi connectivity index (χ4n) is 2.89. The number of cyclic esters (lactones) is 1. The van der Waals surface area contributed by atoms with Crippen LogP contribution in [0.3, 0.4) is 0 Å². The Morgan fingerprint density at radius 1 is 1.31 bits per heavy atom. The zero-order valence-electron chi connectivity index (χ0n) is 16.2. The van der Waals surface area contributed by atoms with Gasteiger partial charge in [0.05, 0.1) is 35.9 Å². The summed E-state index contributed by atoms with van der Waals surface area (Å²) in [6.45, 7) is 2.87. The molecule has 1 aromatic heterocycles. The van der Waals surface area contributed by atoms with Gasteiger partial charge in [-0.3, -0.25) is 14.2 Å². The van der Waals surface area contributed by atoms with E-state index in [0.717, 1.165) is 29.5 Å². The molecule has 0 aliphatic carbocycles. The molecule has 1 aliphatic heterocycles. The van der Waals surface area contributed by atoms with E-state index in [1.54, 1.807) is 6.07 Å². The van der Waals surface area contributed by atoms with E-state index in [0.29, 0.717) is 22.6 Å². The number of carbonyl (C=O) groups excluding carboxylic acids is 3. The molecule has 3 rings (SSSR count). The maximum atomic E-state index is 13.0. The van der Waals surface area contributed by atoms with Crippen LogP contribution in [0, 0.1) is 0 Å². The fourth-order valence-corrected chi connectivity index (χ4v) is 3.79. The average molecular weight is 419 g/mol. The second-order valence-electron chi connectivity index (χ2n) is 6.38. The SMILES string of the molecule is CCCCn1c(SCC(=O)N2CCOC2=O)nc2cc(C(=O)OC)ccc2c1=O. The Hall–Kier alpha value is -2.88. The summed E-state index contributed by atoms with van der Waals surface area (Å²) in [6.07, 6.45) is 0.995. The highest BCUT2D eigenvalue weighted by molar-refractivity contribution is 7.99. The molecule has 29 heavy (non-hydrogen) atoms. The molecule has 10 heteroatoms. The number of nitrogens with zero attached hydrogens (tertiary/aromatic N) is 3. The second-order valence-corrected chi connectivity index (χ2v) is 7.32. The average Bonchev–Trinajstić information content (AvgIpc) is 3.16. The molecule has 0 spiro atoms. The number of rotatable bonds is 7. The molecule has 1 fully saturated rings. The van der Waals surface area contributed by atoms with Gasteiger partial charge in [0.2, 0.25) is 5.91 Å². The minimum atomic E-state index is -0.659. The molecule has 154 valence electrons. The van der Waals surface area contributed by atoms with Gasteiger partial charge in [0.15, 0.2) is 5.16 Å². The standard InChI is InChI=1S/C19H21N3O6S/c1-3-4-7-22-16(24)13-6-5-12(17(25)27-2)10-14(13)20-18(22)29-11-15(23)21-8-9-28-19(21)26/h5-6,10H,3-4,7-9,11H2,1-2H3. The maximum absolute atomic E-state index is 13.0. The molecule has 1 saturated heterocycles. The van der Waals surface area contributed by atoms with Crippen molar-refractivity contribution < 1.29 is 23.9 Å². The van der Waals surface area contributed by atoms with E-state index in [4.69, 9.17) is 9.47 Å². The van der Waals surface area contributed by atoms with Gasteiger partial charge in [-0.15, -0.1) is 0 Å². The summed E-state index contributed by atoms with van der Waals surface area (Å²) in [7, 11) is 1.28. The Morgan fingerprint density at radius 2 is 2.10 bits per heavy atom. The Kier molecular flexibility index (Phi) is 6.53. The topological polar surface area (TPSA) is 108 Å². The zero-order valence-corrected chi connectivity index (χ0v) is 17.0. The number of benzene rings is 1. The molecule has 2 amide bonds. The van der Waals surface area contributed by atoms with Crippen LogP contribution in [0.5, 0.6) is 0 Å². The van der Waals surface area contributed by atoms with E-state index in [-0.39, 0.29) is 30.0 Å². The van der Waals surface area contributed by atoms with Crippen molar-refractivity contribution in [2.45, 2.75) is 31.5 Å². The van der Waals surface area contributed by atoms with Gasteiger partial charge in [-0.25, -0.2) is 19.5 Å². The van der Waals surface area contributed by atoms with Crippen molar-refractivity contribution in [1.29, 1.82) is 0 Å². The van der Waals surface area contributed by atoms with Crippen molar-refractivity contribution in [2.75, 3.05) is 26.0 Å². The van der Waals surface area contributed by atoms with E-state index in [1.165, 1.54) is 23.8 Å². The van der Waals surface area contributed by atoms with Gasteiger partial charge < -0.3 is 9.47 Å². The molecule has 0 N–H and O–H groups in total. The maximum Gasteiger partial charge on any atom is 0.416 e. The van der Waals surface area contributed by atoms with E-state index >= 15 is 0 Å². The van der Waals surface area contributed by atoms with Crippen LogP contribution in [0.4, 0.5) is 4.79 Å². The first-order valence-electron chi connectivity index (χ1n) is 9.19. The van der Waals surface area contributed by atoms with E-state index in [2.05, 4.69) is 4.98 Å². The van der Waals surface area contributed by atoms with E-state index < -0.39 is 18.0 Å². The predicted octanol–water partition coefficient (Wildman–Crippen LogP) is 2.05. The third kappa shape index (κ3) is 4.42. The quantitative estimate of drug-likeness (QED) is 0.381. The number of thioether (sulfide) groups is 1. The minimum absolute atomic E-state index is 0.0597. The summed E-state index contributed by atoms with van der Waals surface area (Å²) in [6, 6.07) is 4.58. The summed E-state index contributed by atoms with van der Waals surface area (Å²) in [5.41, 5.74) is 0.390. The number of unbranched alkanes of at least 4 members (excludes halogenated alkanes) is 1. The first kappa shape index (κ1) is 20.8. The van der Waals surface area contributed by atoms with Crippen LogP contribution < -0.4 is 5.56 Å². The monoisotopic (exact) mass is 419 g/mol. The van der Waals surface area contributed by atoms with Crippen LogP contribution in [0.1, 0.15) is 30.1 Å². The molecule has 0 atom stereocenters. The molecule has 0 unspecified atom stereocenters.